The summed E-state index contributed by atoms with van der Waals surface area (Å²) >= 11 is 0. The summed E-state index contributed by atoms with van der Waals surface area (Å²) < 4.78 is 41.0. The Labute approximate surface area is 154 Å². The van der Waals surface area contributed by atoms with E-state index in [4.69, 9.17) is 5.73 Å². The number of alkyl halides is 3. The molecule has 0 spiro atoms. The van der Waals surface area contributed by atoms with Crippen molar-refractivity contribution in [2.24, 2.45) is 5.73 Å². The lowest BCUT2D eigenvalue weighted by Crippen LogP contribution is -2.41. The first kappa shape index (κ1) is 20.3. The fraction of sp³-hybridized carbons (Fsp3) is 0.263. The van der Waals surface area contributed by atoms with Crippen molar-refractivity contribution >= 4 is 11.8 Å². The molecule has 0 heterocycles. The molecule has 1 unspecified atom stereocenters. The molecule has 1 atom stereocenters. The highest BCUT2D eigenvalue weighted by molar-refractivity contribution is 5.95. The van der Waals surface area contributed by atoms with Crippen LogP contribution in [0.25, 0.3) is 0 Å². The highest BCUT2D eigenvalue weighted by Crippen LogP contribution is 2.24. The first-order valence-electron chi connectivity index (χ1n) is 8.11. The van der Waals surface area contributed by atoms with Gasteiger partial charge in [0.1, 0.15) is 5.75 Å². The number of nitrogens with zero attached hydrogens (tertiary/aromatic N) is 1. The number of benzene rings is 2. The summed E-state index contributed by atoms with van der Waals surface area (Å²) in [5.41, 5.74) is 6.21. The fourth-order valence-corrected chi connectivity index (χ4v) is 2.66. The van der Waals surface area contributed by atoms with Crippen molar-refractivity contribution in [3.63, 3.8) is 0 Å². The zero-order valence-electron chi connectivity index (χ0n) is 14.6. The van der Waals surface area contributed by atoms with E-state index in [1.165, 1.54) is 24.1 Å². The van der Waals surface area contributed by atoms with Gasteiger partial charge in [0.05, 0.1) is 0 Å². The van der Waals surface area contributed by atoms with Crippen LogP contribution in [0.5, 0.6) is 5.75 Å². The Morgan fingerprint density at radius 2 is 1.78 bits per heavy atom. The van der Waals surface area contributed by atoms with Gasteiger partial charge in [0.15, 0.2) is 0 Å². The van der Waals surface area contributed by atoms with Gasteiger partial charge in [0.25, 0.3) is 5.91 Å². The number of amides is 2. The van der Waals surface area contributed by atoms with Gasteiger partial charge in [0, 0.05) is 25.1 Å². The van der Waals surface area contributed by atoms with Gasteiger partial charge in [-0.25, -0.2) is 0 Å². The average molecular weight is 380 g/mol. The van der Waals surface area contributed by atoms with Gasteiger partial charge >= 0.3 is 6.36 Å². The van der Waals surface area contributed by atoms with E-state index in [1.54, 1.807) is 0 Å². The normalized spacial score (nSPS) is 12.3. The lowest BCUT2D eigenvalue weighted by molar-refractivity contribution is -0.274. The first-order valence-corrected chi connectivity index (χ1v) is 8.11. The molecule has 2 aromatic carbocycles. The molecule has 5 nitrogen and oxygen atoms in total. The lowest BCUT2D eigenvalue weighted by atomic mass is 10.0. The molecule has 0 fully saturated rings. The van der Waals surface area contributed by atoms with Gasteiger partial charge in [0.2, 0.25) is 5.91 Å². The SMILES string of the molecule is CN(C(=O)c1cccc(OC(F)(F)F)c1)C(CC(N)=O)Cc1ccccc1. The van der Waals surface area contributed by atoms with Gasteiger partial charge in [-0.2, -0.15) is 0 Å². The number of carbonyl (C=O) groups excluding carboxylic acids is 2. The van der Waals surface area contributed by atoms with Crippen molar-refractivity contribution in [2.45, 2.75) is 25.2 Å². The third-order valence-corrected chi connectivity index (χ3v) is 3.93. The summed E-state index contributed by atoms with van der Waals surface area (Å²) in [4.78, 5) is 25.4. The number of primary amides is 1. The van der Waals surface area contributed by atoms with Crippen molar-refractivity contribution in [3.8, 4) is 5.75 Å². The second kappa shape index (κ2) is 8.57. The Hall–Kier alpha value is -3.03. The third kappa shape index (κ3) is 6.32. The predicted molar refractivity (Wildman–Crippen MR) is 93.0 cm³/mol. The number of hydrogen-bond donors (Lipinski definition) is 1. The van der Waals surface area contributed by atoms with Crippen molar-refractivity contribution < 1.29 is 27.5 Å². The van der Waals surface area contributed by atoms with Crippen molar-refractivity contribution in [3.05, 3.63) is 65.7 Å². The number of halogens is 3. The highest BCUT2D eigenvalue weighted by atomic mass is 19.4. The Morgan fingerprint density at radius 3 is 2.37 bits per heavy atom. The summed E-state index contributed by atoms with van der Waals surface area (Å²) in [5.74, 6) is -1.61. The van der Waals surface area contributed by atoms with Crippen molar-refractivity contribution in [1.29, 1.82) is 0 Å². The molecule has 27 heavy (non-hydrogen) atoms. The molecular formula is C19H19F3N2O3. The van der Waals surface area contributed by atoms with Crippen LogP contribution in [0.1, 0.15) is 22.3 Å². The zero-order valence-corrected chi connectivity index (χ0v) is 14.6. The summed E-state index contributed by atoms with van der Waals surface area (Å²) in [7, 11) is 1.48. The molecule has 2 N–H and O–H groups in total. The summed E-state index contributed by atoms with van der Waals surface area (Å²) in [5, 5.41) is 0. The molecule has 144 valence electrons. The van der Waals surface area contributed by atoms with Gasteiger partial charge in [-0.05, 0) is 30.2 Å². The largest absolute Gasteiger partial charge is 0.573 e. The van der Waals surface area contributed by atoms with Crippen LogP contribution in [0.2, 0.25) is 0 Å². The molecule has 2 aromatic rings. The number of likely N-dealkylation sites (N-methyl/N-ethyl adjacent to an activating group) is 1. The molecule has 0 aliphatic heterocycles. The van der Waals surface area contributed by atoms with Gasteiger partial charge < -0.3 is 15.4 Å². The molecule has 2 rings (SSSR count). The second-order valence-electron chi connectivity index (χ2n) is 6.01. The summed E-state index contributed by atoms with van der Waals surface area (Å²) in [6, 6.07) is 13.5. The molecule has 0 saturated heterocycles. The number of hydrogen-bond acceptors (Lipinski definition) is 3. The quantitative estimate of drug-likeness (QED) is 0.802. The summed E-state index contributed by atoms with van der Waals surface area (Å²) in [6.45, 7) is 0. The van der Waals surface area contributed by atoms with E-state index in [1.807, 2.05) is 30.3 Å². The standard InChI is InChI=1S/C19H19F3N2O3/c1-24(15(12-17(23)25)10-13-6-3-2-4-7-13)18(26)14-8-5-9-16(11-14)27-19(20,21)22/h2-9,11,15H,10,12H2,1H3,(H2,23,25). The fourth-order valence-electron chi connectivity index (χ4n) is 2.66. The van der Waals surface area contributed by atoms with E-state index in [0.29, 0.717) is 6.42 Å². The minimum Gasteiger partial charge on any atom is -0.406 e. The number of nitrogens with two attached hydrogens (primary N) is 1. The number of rotatable bonds is 7. The van der Waals surface area contributed by atoms with Crippen LogP contribution in [-0.2, 0) is 11.2 Å². The van der Waals surface area contributed by atoms with E-state index in [0.717, 1.165) is 17.7 Å². The Morgan fingerprint density at radius 1 is 1.11 bits per heavy atom. The average Bonchev–Trinajstić information content (AvgIpc) is 2.59. The van der Waals surface area contributed by atoms with Crippen LogP contribution in [0.15, 0.2) is 54.6 Å². The van der Waals surface area contributed by atoms with Crippen LogP contribution in [0.4, 0.5) is 13.2 Å². The second-order valence-corrected chi connectivity index (χ2v) is 6.01. The molecule has 0 saturated carbocycles. The smallest absolute Gasteiger partial charge is 0.406 e. The Kier molecular flexibility index (Phi) is 6.44. The van der Waals surface area contributed by atoms with E-state index in [9.17, 15) is 22.8 Å². The maximum absolute atomic E-state index is 12.7. The van der Waals surface area contributed by atoms with E-state index in [-0.39, 0.29) is 12.0 Å². The van der Waals surface area contributed by atoms with Gasteiger partial charge in [-0.3, -0.25) is 9.59 Å². The van der Waals surface area contributed by atoms with Crippen LogP contribution in [-0.4, -0.2) is 36.2 Å². The highest BCUT2D eigenvalue weighted by Gasteiger charge is 2.31. The molecule has 0 aromatic heterocycles. The minimum atomic E-state index is -4.85. The molecular weight excluding hydrogens is 361 g/mol. The van der Waals surface area contributed by atoms with Crippen LogP contribution in [0.3, 0.4) is 0 Å². The Balaban J connectivity index is 2.21. The predicted octanol–water partition coefficient (Wildman–Crippen LogP) is 3.14. The lowest BCUT2D eigenvalue weighted by Gasteiger charge is -2.28. The monoisotopic (exact) mass is 380 g/mol. The molecule has 0 bridgehead atoms. The maximum Gasteiger partial charge on any atom is 0.573 e. The zero-order chi connectivity index (χ0) is 20.0. The molecule has 0 aliphatic rings. The Bertz CT molecular complexity index is 794. The molecule has 8 heteroatoms. The van der Waals surface area contributed by atoms with Gasteiger partial charge in [-0.15, -0.1) is 13.2 Å². The molecule has 0 radical (unpaired) electrons. The minimum absolute atomic E-state index is 0.0155. The van der Waals surface area contributed by atoms with E-state index < -0.39 is 30.0 Å². The number of carbonyl (C=O) groups is 2. The van der Waals surface area contributed by atoms with Crippen LogP contribution >= 0.6 is 0 Å². The third-order valence-electron chi connectivity index (χ3n) is 3.93. The first-order chi connectivity index (χ1) is 12.7. The van der Waals surface area contributed by atoms with Gasteiger partial charge in [-0.1, -0.05) is 36.4 Å². The summed E-state index contributed by atoms with van der Waals surface area (Å²) in [6.07, 6.45) is -4.55. The maximum atomic E-state index is 12.7. The van der Waals surface area contributed by atoms with E-state index in [2.05, 4.69) is 4.74 Å². The molecule has 0 aliphatic carbocycles. The topological polar surface area (TPSA) is 72.6 Å². The van der Waals surface area contributed by atoms with Crippen LogP contribution < -0.4 is 10.5 Å². The van der Waals surface area contributed by atoms with Crippen molar-refractivity contribution in [2.75, 3.05) is 7.05 Å². The van der Waals surface area contributed by atoms with E-state index >= 15 is 0 Å². The molecule has 2 amide bonds. The van der Waals surface area contributed by atoms with Crippen LogP contribution in [0, 0.1) is 0 Å². The number of ether oxygens (including phenoxy) is 1. The van der Waals surface area contributed by atoms with Crippen molar-refractivity contribution in [1.82, 2.24) is 4.90 Å².